The molecule has 7 heteroatoms. The number of carbonyl (C=O) groups excluding carboxylic acids is 2. The summed E-state index contributed by atoms with van der Waals surface area (Å²) >= 11 is 0. The summed E-state index contributed by atoms with van der Waals surface area (Å²) in [4.78, 5) is 30.9. The van der Waals surface area contributed by atoms with Gasteiger partial charge in [0, 0.05) is 39.1 Å². The number of likely N-dealkylation sites (tertiary alicyclic amines) is 1. The molecule has 2 amide bonds. The van der Waals surface area contributed by atoms with Crippen LogP contribution in [0.25, 0.3) is 0 Å². The molecule has 2 saturated heterocycles. The monoisotopic (exact) mass is 459 g/mol. The molecular weight excluding hydrogens is 421 g/mol. The Bertz CT molecular complexity index is 834. The fourth-order valence-electron chi connectivity index (χ4n) is 5.75. The quantitative estimate of drug-likeness (QED) is 0.708. The molecule has 1 N–H and O–H groups in total. The van der Waals surface area contributed by atoms with Gasteiger partial charge in [0.25, 0.3) is 0 Å². The molecule has 6 nitrogen and oxygen atoms in total. The van der Waals surface area contributed by atoms with Gasteiger partial charge in [0.15, 0.2) is 0 Å². The van der Waals surface area contributed by atoms with Crippen molar-refractivity contribution in [2.75, 3.05) is 44.2 Å². The number of aliphatic hydroxyl groups is 1. The molecule has 33 heavy (non-hydrogen) atoms. The van der Waals surface area contributed by atoms with Crippen molar-refractivity contribution in [3.63, 3.8) is 0 Å². The Hall–Kier alpha value is -2.15. The van der Waals surface area contributed by atoms with E-state index in [1.807, 2.05) is 4.90 Å². The molecule has 1 aromatic carbocycles. The van der Waals surface area contributed by atoms with E-state index in [4.69, 9.17) is 0 Å². The lowest BCUT2D eigenvalue weighted by Crippen LogP contribution is -2.58. The van der Waals surface area contributed by atoms with Gasteiger partial charge >= 0.3 is 0 Å². The minimum Gasteiger partial charge on any atom is -0.388 e. The number of benzene rings is 1. The van der Waals surface area contributed by atoms with Crippen molar-refractivity contribution in [1.29, 1.82) is 0 Å². The van der Waals surface area contributed by atoms with Crippen molar-refractivity contribution in [1.82, 2.24) is 9.80 Å². The van der Waals surface area contributed by atoms with Gasteiger partial charge < -0.3 is 19.8 Å². The number of para-hydroxylation sites is 1. The maximum Gasteiger partial charge on any atom is 0.242 e. The van der Waals surface area contributed by atoms with Crippen molar-refractivity contribution in [3.05, 3.63) is 30.1 Å². The van der Waals surface area contributed by atoms with Gasteiger partial charge in [-0.3, -0.25) is 9.59 Å². The van der Waals surface area contributed by atoms with Crippen LogP contribution >= 0.6 is 0 Å². The van der Waals surface area contributed by atoms with Crippen molar-refractivity contribution < 1.29 is 19.1 Å². The normalized spacial score (nSPS) is 23.0. The van der Waals surface area contributed by atoms with E-state index < -0.39 is 5.60 Å². The first kappa shape index (κ1) is 24.0. The third-order valence-corrected chi connectivity index (χ3v) is 8.00. The zero-order chi connectivity index (χ0) is 23.4. The molecule has 1 aromatic rings. The van der Waals surface area contributed by atoms with E-state index >= 15 is 0 Å². The summed E-state index contributed by atoms with van der Waals surface area (Å²) in [7, 11) is 0. The highest BCUT2D eigenvalue weighted by molar-refractivity contribution is 5.83. The molecule has 1 saturated carbocycles. The van der Waals surface area contributed by atoms with Gasteiger partial charge in [0.05, 0.1) is 17.8 Å². The lowest BCUT2D eigenvalue weighted by atomic mass is 9.79. The lowest BCUT2D eigenvalue weighted by Gasteiger charge is -2.43. The van der Waals surface area contributed by atoms with E-state index in [0.29, 0.717) is 63.0 Å². The van der Waals surface area contributed by atoms with Gasteiger partial charge in [0.1, 0.15) is 5.82 Å². The first-order valence-electron chi connectivity index (χ1n) is 12.6. The smallest absolute Gasteiger partial charge is 0.242 e. The van der Waals surface area contributed by atoms with Crippen LogP contribution in [0.4, 0.5) is 10.1 Å². The topological polar surface area (TPSA) is 64.1 Å². The van der Waals surface area contributed by atoms with Crippen LogP contribution in [-0.2, 0) is 9.59 Å². The molecule has 1 atom stereocenters. The van der Waals surface area contributed by atoms with Gasteiger partial charge in [0.2, 0.25) is 11.8 Å². The number of piperazine rings is 1. The molecule has 0 unspecified atom stereocenters. The highest BCUT2D eigenvalue weighted by Crippen LogP contribution is 2.32. The van der Waals surface area contributed by atoms with Crippen molar-refractivity contribution in [2.45, 2.75) is 63.9 Å². The molecule has 2 heterocycles. The molecule has 2 aliphatic heterocycles. The van der Waals surface area contributed by atoms with Crippen LogP contribution in [0.2, 0.25) is 0 Å². The molecule has 4 rings (SSSR count). The maximum atomic E-state index is 14.1. The Morgan fingerprint density at radius 3 is 2.48 bits per heavy atom. The largest absolute Gasteiger partial charge is 0.388 e. The fourth-order valence-corrected chi connectivity index (χ4v) is 5.75. The van der Waals surface area contributed by atoms with Gasteiger partial charge in [-0.2, -0.15) is 0 Å². The number of carbonyl (C=O) groups is 2. The number of hydrogen-bond acceptors (Lipinski definition) is 4. The number of nitrogens with zero attached hydrogens (tertiary/aromatic N) is 3. The van der Waals surface area contributed by atoms with Crippen molar-refractivity contribution >= 4 is 17.5 Å². The van der Waals surface area contributed by atoms with Crippen LogP contribution in [0, 0.1) is 17.7 Å². The maximum absolute atomic E-state index is 14.1. The Morgan fingerprint density at radius 1 is 1.12 bits per heavy atom. The first-order valence-corrected chi connectivity index (χ1v) is 12.6. The number of β-amino-alcohol motifs (C(OH)–C–C–N with tert-alkyl or cyclic N) is 1. The van der Waals surface area contributed by atoms with E-state index in [-0.39, 0.29) is 30.7 Å². The Kier molecular flexibility index (Phi) is 7.57. The number of halogens is 1. The highest BCUT2D eigenvalue weighted by atomic mass is 19.1. The van der Waals surface area contributed by atoms with E-state index in [0.717, 1.165) is 0 Å². The zero-order valence-corrected chi connectivity index (χ0v) is 19.8. The summed E-state index contributed by atoms with van der Waals surface area (Å²) in [6.45, 7) is 4.66. The Balaban J connectivity index is 1.24. The molecule has 3 aliphatic rings. The average Bonchev–Trinajstić information content (AvgIpc) is 2.81. The van der Waals surface area contributed by atoms with Crippen LogP contribution < -0.4 is 4.90 Å². The van der Waals surface area contributed by atoms with E-state index in [1.54, 1.807) is 28.0 Å². The van der Waals surface area contributed by atoms with Gasteiger partial charge in [-0.15, -0.1) is 0 Å². The van der Waals surface area contributed by atoms with E-state index in [9.17, 15) is 19.1 Å². The molecular formula is C26H38FN3O3. The van der Waals surface area contributed by atoms with E-state index in [2.05, 4.69) is 6.92 Å². The molecule has 182 valence electrons. The highest BCUT2D eigenvalue weighted by Gasteiger charge is 2.38. The second kappa shape index (κ2) is 10.4. The number of amides is 2. The summed E-state index contributed by atoms with van der Waals surface area (Å²) in [5.74, 6) is 0.857. The average molecular weight is 460 g/mol. The van der Waals surface area contributed by atoms with Crippen molar-refractivity contribution in [3.8, 4) is 0 Å². The molecule has 0 bridgehead atoms. The molecule has 3 fully saturated rings. The number of hydrogen-bond donors (Lipinski definition) is 1. The van der Waals surface area contributed by atoms with Crippen LogP contribution in [0.3, 0.4) is 0 Å². The minimum atomic E-state index is -0.971. The van der Waals surface area contributed by atoms with Gasteiger partial charge in [-0.1, -0.05) is 51.2 Å². The summed E-state index contributed by atoms with van der Waals surface area (Å²) < 4.78 is 14.1. The first-order chi connectivity index (χ1) is 15.8. The third kappa shape index (κ3) is 5.86. The lowest BCUT2D eigenvalue weighted by molar-refractivity contribution is -0.142. The fraction of sp³-hybridized carbons (Fsp3) is 0.692. The van der Waals surface area contributed by atoms with Crippen LogP contribution in [-0.4, -0.2) is 71.6 Å². The Morgan fingerprint density at radius 2 is 1.82 bits per heavy atom. The summed E-state index contributed by atoms with van der Waals surface area (Å²) in [6, 6.07) is 6.50. The predicted molar refractivity (Wildman–Crippen MR) is 126 cm³/mol. The SMILES string of the molecule is C[C@H](CC(=O)N1CCC(O)(CN2CCN(c3ccccc3F)CC2=O)CC1)C1CCCCC1. The molecule has 1 aliphatic carbocycles. The summed E-state index contributed by atoms with van der Waals surface area (Å²) in [5.41, 5.74) is -0.528. The predicted octanol–water partition coefficient (Wildman–Crippen LogP) is 3.43. The van der Waals surface area contributed by atoms with Gasteiger partial charge in [-0.25, -0.2) is 4.39 Å². The minimum absolute atomic E-state index is 0.0993. The standard InChI is InChI=1S/C26H38FN3O3/c1-20(21-7-3-2-4-8-21)17-24(31)28-13-11-26(33,12-14-28)19-30-16-15-29(18-25(30)32)23-10-6-5-9-22(23)27/h5-6,9-10,20-21,33H,2-4,7-8,11-19H2,1H3/t20-/m1/s1. The van der Waals surface area contributed by atoms with Crippen molar-refractivity contribution in [2.24, 2.45) is 11.8 Å². The van der Waals surface area contributed by atoms with Crippen LogP contribution in [0.5, 0.6) is 0 Å². The van der Waals surface area contributed by atoms with E-state index in [1.165, 1.54) is 38.2 Å². The third-order valence-electron chi connectivity index (χ3n) is 8.00. The van der Waals surface area contributed by atoms with Crippen LogP contribution in [0.15, 0.2) is 24.3 Å². The number of anilines is 1. The Labute approximate surface area is 196 Å². The van der Waals surface area contributed by atoms with Crippen LogP contribution in [0.1, 0.15) is 58.3 Å². The second-order valence-electron chi connectivity index (χ2n) is 10.4. The van der Waals surface area contributed by atoms with Gasteiger partial charge in [-0.05, 0) is 36.8 Å². The number of rotatable bonds is 6. The summed E-state index contributed by atoms with van der Waals surface area (Å²) in [6.07, 6.45) is 7.94. The molecule has 0 spiro atoms. The zero-order valence-electron chi connectivity index (χ0n) is 19.8. The molecule has 0 radical (unpaired) electrons. The molecule has 0 aromatic heterocycles. The number of piperidine rings is 1. The second-order valence-corrected chi connectivity index (χ2v) is 10.4. The summed E-state index contributed by atoms with van der Waals surface area (Å²) in [5, 5.41) is 11.1.